The second kappa shape index (κ2) is 7.51. The highest BCUT2D eigenvalue weighted by Crippen LogP contribution is 2.20. The number of aromatic nitrogens is 2. The monoisotopic (exact) mass is 296 g/mol. The minimum absolute atomic E-state index is 0.0489. The average Bonchev–Trinajstić information content (AvgIpc) is 2.96. The van der Waals surface area contributed by atoms with Gasteiger partial charge in [0, 0.05) is 39.7 Å². The summed E-state index contributed by atoms with van der Waals surface area (Å²) in [6.45, 7) is 7.35. The largest absolute Gasteiger partial charge is 0.375 e. The Labute approximate surface area is 125 Å². The van der Waals surface area contributed by atoms with Crippen LogP contribution in [0.25, 0.3) is 0 Å². The molecule has 0 aliphatic carbocycles. The lowest BCUT2D eigenvalue weighted by atomic mass is 10.2. The summed E-state index contributed by atoms with van der Waals surface area (Å²) in [5.41, 5.74) is 0. The number of aryl methyl sites for hydroxylation is 1. The van der Waals surface area contributed by atoms with Gasteiger partial charge in [-0.15, -0.1) is 0 Å². The molecule has 21 heavy (non-hydrogen) atoms. The summed E-state index contributed by atoms with van der Waals surface area (Å²) in [5.74, 6) is 1.48. The minimum Gasteiger partial charge on any atom is -0.375 e. The van der Waals surface area contributed by atoms with Crippen LogP contribution in [0.5, 0.6) is 0 Å². The van der Waals surface area contributed by atoms with E-state index in [2.05, 4.69) is 28.9 Å². The highest BCUT2D eigenvalue weighted by Gasteiger charge is 2.27. The van der Waals surface area contributed by atoms with E-state index in [9.17, 15) is 4.79 Å². The summed E-state index contributed by atoms with van der Waals surface area (Å²) in [7, 11) is 1.54. The fraction of sp³-hybridized carbons (Fsp3) is 0.786. The summed E-state index contributed by atoms with van der Waals surface area (Å²) >= 11 is 0. The SMILES string of the molecule is CCCc1noc(C(C)N2CCN(C(=O)COC)CC2)n1. The maximum Gasteiger partial charge on any atom is 0.248 e. The van der Waals surface area contributed by atoms with E-state index < -0.39 is 0 Å². The van der Waals surface area contributed by atoms with Crippen LogP contribution in [0.4, 0.5) is 0 Å². The summed E-state index contributed by atoms with van der Waals surface area (Å²) < 4.78 is 10.2. The number of methoxy groups -OCH3 is 1. The van der Waals surface area contributed by atoms with Crippen LogP contribution in [0.15, 0.2) is 4.52 Å². The van der Waals surface area contributed by atoms with Crippen LogP contribution >= 0.6 is 0 Å². The molecule has 0 radical (unpaired) electrons. The highest BCUT2D eigenvalue weighted by molar-refractivity contribution is 5.77. The molecule has 1 aliphatic heterocycles. The molecule has 0 spiro atoms. The smallest absolute Gasteiger partial charge is 0.248 e. The fourth-order valence-corrected chi connectivity index (χ4v) is 2.49. The molecule has 7 heteroatoms. The van der Waals surface area contributed by atoms with Gasteiger partial charge in [-0.1, -0.05) is 12.1 Å². The maximum atomic E-state index is 11.8. The van der Waals surface area contributed by atoms with Crippen molar-refractivity contribution in [1.82, 2.24) is 19.9 Å². The molecule has 2 rings (SSSR count). The van der Waals surface area contributed by atoms with E-state index in [4.69, 9.17) is 9.26 Å². The van der Waals surface area contributed by atoms with Crippen molar-refractivity contribution >= 4 is 5.91 Å². The number of ether oxygens (including phenoxy) is 1. The zero-order chi connectivity index (χ0) is 15.2. The van der Waals surface area contributed by atoms with E-state index in [0.717, 1.165) is 31.8 Å². The van der Waals surface area contributed by atoms with Crippen molar-refractivity contribution < 1.29 is 14.1 Å². The number of hydrogen-bond donors (Lipinski definition) is 0. The van der Waals surface area contributed by atoms with Gasteiger partial charge in [0.1, 0.15) is 6.61 Å². The first-order valence-corrected chi connectivity index (χ1v) is 7.49. The Balaban J connectivity index is 1.87. The normalized spacial score (nSPS) is 18.0. The molecule has 1 aliphatic rings. The minimum atomic E-state index is 0.0489. The Morgan fingerprint density at radius 2 is 2.10 bits per heavy atom. The third-order valence-electron chi connectivity index (χ3n) is 3.80. The number of nitrogens with zero attached hydrogens (tertiary/aromatic N) is 4. The Kier molecular flexibility index (Phi) is 5.69. The predicted molar refractivity (Wildman–Crippen MR) is 76.7 cm³/mol. The van der Waals surface area contributed by atoms with Crippen molar-refractivity contribution in [2.75, 3.05) is 39.9 Å². The summed E-state index contributed by atoms with van der Waals surface area (Å²) in [6.07, 6.45) is 1.85. The van der Waals surface area contributed by atoms with Gasteiger partial charge in [-0.05, 0) is 13.3 Å². The van der Waals surface area contributed by atoms with E-state index in [-0.39, 0.29) is 18.6 Å². The van der Waals surface area contributed by atoms with E-state index >= 15 is 0 Å². The van der Waals surface area contributed by atoms with Crippen molar-refractivity contribution in [3.63, 3.8) is 0 Å². The van der Waals surface area contributed by atoms with E-state index in [1.165, 1.54) is 0 Å². The standard InChI is InChI=1S/C14H24N4O3/c1-4-5-12-15-14(21-16-12)11(2)17-6-8-18(9-7-17)13(19)10-20-3/h11H,4-10H2,1-3H3. The number of hydrogen-bond acceptors (Lipinski definition) is 6. The second-order valence-electron chi connectivity index (χ2n) is 5.32. The number of rotatable bonds is 6. The second-order valence-corrected chi connectivity index (χ2v) is 5.32. The molecule has 0 bridgehead atoms. The highest BCUT2D eigenvalue weighted by atomic mass is 16.5. The van der Waals surface area contributed by atoms with Crippen LogP contribution in [0.2, 0.25) is 0 Å². The zero-order valence-electron chi connectivity index (χ0n) is 13.0. The van der Waals surface area contributed by atoms with Crippen LogP contribution in [0.1, 0.15) is 38.0 Å². The summed E-state index contributed by atoms with van der Waals surface area (Å²) in [5, 5.41) is 4.00. The van der Waals surface area contributed by atoms with Crippen LogP contribution in [-0.4, -0.2) is 65.7 Å². The molecule has 1 atom stereocenters. The van der Waals surface area contributed by atoms with Gasteiger partial charge in [0.05, 0.1) is 6.04 Å². The third kappa shape index (κ3) is 4.01. The molecule has 1 amide bonds. The van der Waals surface area contributed by atoms with Gasteiger partial charge in [0.25, 0.3) is 0 Å². The lowest BCUT2D eigenvalue weighted by molar-refractivity contribution is -0.137. The maximum absolute atomic E-state index is 11.8. The van der Waals surface area contributed by atoms with Crippen molar-refractivity contribution in [2.24, 2.45) is 0 Å². The van der Waals surface area contributed by atoms with Gasteiger partial charge in [-0.2, -0.15) is 4.98 Å². The van der Waals surface area contributed by atoms with Gasteiger partial charge < -0.3 is 14.2 Å². The Hall–Kier alpha value is -1.47. The first-order valence-electron chi connectivity index (χ1n) is 7.49. The van der Waals surface area contributed by atoms with Crippen LogP contribution in [-0.2, 0) is 16.0 Å². The molecule has 0 N–H and O–H groups in total. The third-order valence-corrected chi connectivity index (χ3v) is 3.80. The predicted octanol–water partition coefficient (Wildman–Crippen LogP) is 0.874. The van der Waals surface area contributed by atoms with Crippen molar-refractivity contribution in [3.8, 4) is 0 Å². The molecule has 7 nitrogen and oxygen atoms in total. The summed E-state index contributed by atoms with van der Waals surface area (Å²) in [4.78, 5) is 20.3. The first kappa shape index (κ1) is 15.9. The molecule has 1 aromatic heterocycles. The van der Waals surface area contributed by atoms with Crippen molar-refractivity contribution in [2.45, 2.75) is 32.7 Å². The molecule has 0 aromatic carbocycles. The number of piperazine rings is 1. The first-order chi connectivity index (χ1) is 10.2. The van der Waals surface area contributed by atoms with Gasteiger partial charge in [-0.3, -0.25) is 9.69 Å². The quantitative estimate of drug-likeness (QED) is 0.776. The molecule has 1 unspecified atom stereocenters. The topological polar surface area (TPSA) is 71.7 Å². The Morgan fingerprint density at radius 3 is 2.71 bits per heavy atom. The number of amides is 1. The van der Waals surface area contributed by atoms with E-state index in [0.29, 0.717) is 19.0 Å². The van der Waals surface area contributed by atoms with Gasteiger partial charge in [0.15, 0.2) is 5.82 Å². The Bertz CT molecular complexity index is 455. The Morgan fingerprint density at radius 1 is 1.38 bits per heavy atom. The number of carbonyl (C=O) groups excluding carboxylic acids is 1. The van der Waals surface area contributed by atoms with Crippen LogP contribution in [0.3, 0.4) is 0 Å². The van der Waals surface area contributed by atoms with Crippen LogP contribution < -0.4 is 0 Å². The van der Waals surface area contributed by atoms with Crippen molar-refractivity contribution in [1.29, 1.82) is 0 Å². The van der Waals surface area contributed by atoms with E-state index in [1.807, 2.05) is 4.90 Å². The molecule has 2 heterocycles. The zero-order valence-corrected chi connectivity index (χ0v) is 13.0. The average molecular weight is 296 g/mol. The number of carbonyl (C=O) groups is 1. The van der Waals surface area contributed by atoms with Gasteiger partial charge >= 0.3 is 0 Å². The molecule has 1 fully saturated rings. The molecule has 1 saturated heterocycles. The fourth-order valence-electron chi connectivity index (χ4n) is 2.49. The van der Waals surface area contributed by atoms with Crippen molar-refractivity contribution in [3.05, 3.63) is 11.7 Å². The molecular formula is C14H24N4O3. The molecule has 0 saturated carbocycles. The van der Waals surface area contributed by atoms with Crippen LogP contribution in [0, 0.1) is 0 Å². The molecule has 1 aromatic rings. The molecule has 118 valence electrons. The lowest BCUT2D eigenvalue weighted by Gasteiger charge is -2.36. The van der Waals surface area contributed by atoms with Gasteiger partial charge in [-0.25, -0.2) is 0 Å². The molecular weight excluding hydrogens is 272 g/mol. The van der Waals surface area contributed by atoms with Gasteiger partial charge in [0.2, 0.25) is 11.8 Å². The summed E-state index contributed by atoms with van der Waals surface area (Å²) in [6, 6.07) is 0.0859. The van der Waals surface area contributed by atoms with E-state index in [1.54, 1.807) is 7.11 Å². The lowest BCUT2D eigenvalue weighted by Crippen LogP contribution is -2.50.